The van der Waals surface area contributed by atoms with Gasteiger partial charge in [0.2, 0.25) is 10.0 Å². The van der Waals surface area contributed by atoms with E-state index in [0.29, 0.717) is 18.9 Å². The molecule has 1 aromatic rings. The summed E-state index contributed by atoms with van der Waals surface area (Å²) >= 11 is 6.04. The Balaban J connectivity index is 1.83. The van der Waals surface area contributed by atoms with Crippen LogP contribution in [-0.2, 0) is 21.3 Å². The monoisotopic (exact) mass is 330 g/mol. The lowest BCUT2D eigenvalue weighted by atomic mass is 10.1. The third kappa shape index (κ3) is 3.24. The molecule has 0 bridgehead atoms. The van der Waals surface area contributed by atoms with Gasteiger partial charge in [-0.05, 0) is 42.9 Å². The predicted molar refractivity (Wildman–Crippen MR) is 80.5 cm³/mol. The maximum Gasteiger partial charge on any atom is 0.242 e. The van der Waals surface area contributed by atoms with Gasteiger partial charge in [0, 0.05) is 13.2 Å². The second-order valence-corrected chi connectivity index (χ2v) is 7.75. The molecule has 1 heterocycles. The number of rotatable bonds is 5. The summed E-state index contributed by atoms with van der Waals surface area (Å²) in [6.45, 7) is 0.877. The zero-order valence-electron chi connectivity index (χ0n) is 11.6. The predicted octanol–water partition coefficient (Wildman–Crippen LogP) is 1.64. The highest BCUT2D eigenvalue weighted by atomic mass is 35.5. The topological polar surface area (TPSA) is 81.4 Å². The van der Waals surface area contributed by atoms with Crippen LogP contribution >= 0.6 is 11.6 Å². The molecule has 2 unspecified atom stereocenters. The number of nitrogens with two attached hydrogens (primary N) is 1. The van der Waals surface area contributed by atoms with Crippen LogP contribution in [0.4, 0.5) is 0 Å². The van der Waals surface area contributed by atoms with Crippen molar-refractivity contribution in [1.82, 2.24) is 4.72 Å². The summed E-state index contributed by atoms with van der Waals surface area (Å²) in [5.74, 6) is 0.492. The van der Waals surface area contributed by atoms with Crippen LogP contribution in [0.3, 0.4) is 0 Å². The maximum atomic E-state index is 12.6. The third-order valence-electron chi connectivity index (χ3n) is 4.05. The summed E-state index contributed by atoms with van der Waals surface area (Å²) in [4.78, 5) is 0.0913. The Morgan fingerprint density at radius 2 is 2.10 bits per heavy atom. The van der Waals surface area contributed by atoms with E-state index >= 15 is 0 Å². The standard InChI is InChI=1S/C14H19ClN2O3S/c15-11-4-1-9(8-16)7-13(11)21(18,19)17-12-5-6-20-14(12)10-2-3-10/h1,4,7,10,12,14,17H,2-3,5-6,8,16H2. The molecular formula is C14H19ClN2O3S. The van der Waals surface area contributed by atoms with Crippen molar-refractivity contribution < 1.29 is 13.2 Å². The van der Waals surface area contributed by atoms with Gasteiger partial charge in [-0.25, -0.2) is 13.1 Å². The van der Waals surface area contributed by atoms with Crippen LogP contribution in [0.1, 0.15) is 24.8 Å². The first kappa shape index (κ1) is 15.2. The average molecular weight is 331 g/mol. The van der Waals surface area contributed by atoms with Crippen LogP contribution in [0.2, 0.25) is 5.02 Å². The van der Waals surface area contributed by atoms with Gasteiger partial charge in [-0.3, -0.25) is 0 Å². The molecule has 2 aliphatic rings. The molecule has 21 heavy (non-hydrogen) atoms. The molecule has 0 spiro atoms. The number of hydrogen-bond donors (Lipinski definition) is 2. The van der Waals surface area contributed by atoms with Crippen molar-refractivity contribution in [3.63, 3.8) is 0 Å². The first-order valence-corrected chi connectivity index (χ1v) is 9.00. The summed E-state index contributed by atoms with van der Waals surface area (Å²) in [5.41, 5.74) is 6.30. The Morgan fingerprint density at radius 3 is 2.76 bits per heavy atom. The number of benzene rings is 1. The minimum Gasteiger partial charge on any atom is -0.376 e. The second kappa shape index (κ2) is 5.85. The van der Waals surface area contributed by atoms with E-state index in [1.54, 1.807) is 12.1 Å². The largest absolute Gasteiger partial charge is 0.376 e. The van der Waals surface area contributed by atoms with Gasteiger partial charge in [-0.2, -0.15) is 0 Å². The second-order valence-electron chi connectivity index (χ2n) is 5.66. The molecule has 2 atom stereocenters. The summed E-state index contributed by atoms with van der Waals surface area (Å²) in [6.07, 6.45) is 2.93. The van der Waals surface area contributed by atoms with Crippen LogP contribution in [0.5, 0.6) is 0 Å². The summed E-state index contributed by atoms with van der Waals surface area (Å²) in [6, 6.07) is 4.67. The van der Waals surface area contributed by atoms with E-state index in [1.807, 2.05) is 0 Å². The molecule has 1 aromatic carbocycles. The molecule has 0 amide bonds. The average Bonchev–Trinajstić information content (AvgIpc) is 3.20. The molecule has 1 saturated heterocycles. The maximum absolute atomic E-state index is 12.6. The molecule has 7 heteroatoms. The molecule has 1 aliphatic heterocycles. The van der Waals surface area contributed by atoms with Gasteiger partial charge in [0.05, 0.1) is 17.2 Å². The summed E-state index contributed by atoms with van der Waals surface area (Å²) < 4.78 is 33.6. The first-order valence-electron chi connectivity index (χ1n) is 7.13. The zero-order valence-corrected chi connectivity index (χ0v) is 13.2. The zero-order chi connectivity index (χ0) is 15.0. The van der Waals surface area contributed by atoms with Crippen molar-refractivity contribution in [3.05, 3.63) is 28.8 Å². The molecule has 5 nitrogen and oxygen atoms in total. The molecule has 1 saturated carbocycles. The fourth-order valence-electron chi connectivity index (χ4n) is 2.77. The Bertz CT molecular complexity index is 631. The molecule has 3 N–H and O–H groups in total. The van der Waals surface area contributed by atoms with Crippen molar-refractivity contribution in [2.24, 2.45) is 11.7 Å². The van der Waals surface area contributed by atoms with E-state index in [4.69, 9.17) is 22.1 Å². The fourth-order valence-corrected chi connectivity index (χ4v) is 4.60. The minimum atomic E-state index is -3.66. The third-order valence-corrected chi connectivity index (χ3v) is 6.02. The van der Waals surface area contributed by atoms with Gasteiger partial charge < -0.3 is 10.5 Å². The quantitative estimate of drug-likeness (QED) is 0.860. The van der Waals surface area contributed by atoms with Crippen molar-refractivity contribution in [2.45, 2.75) is 42.8 Å². The first-order chi connectivity index (χ1) is 10.0. The fraction of sp³-hybridized carbons (Fsp3) is 0.571. The van der Waals surface area contributed by atoms with E-state index < -0.39 is 10.0 Å². The van der Waals surface area contributed by atoms with E-state index in [2.05, 4.69) is 4.72 Å². The Morgan fingerprint density at radius 1 is 1.33 bits per heavy atom. The summed E-state index contributed by atoms with van der Waals surface area (Å²) in [5, 5.41) is 0.210. The molecule has 3 rings (SSSR count). The number of nitrogens with one attached hydrogen (secondary N) is 1. The van der Waals surface area contributed by atoms with E-state index in [9.17, 15) is 8.42 Å². The van der Waals surface area contributed by atoms with E-state index in [-0.39, 0.29) is 28.6 Å². The smallest absolute Gasteiger partial charge is 0.242 e. The van der Waals surface area contributed by atoms with Crippen LogP contribution in [0.15, 0.2) is 23.1 Å². The Hall–Kier alpha value is -0.660. The lowest BCUT2D eigenvalue weighted by Gasteiger charge is -2.20. The van der Waals surface area contributed by atoms with Gasteiger partial charge in [0.25, 0.3) is 0 Å². The van der Waals surface area contributed by atoms with Crippen LogP contribution in [-0.4, -0.2) is 27.2 Å². The van der Waals surface area contributed by atoms with E-state index in [1.165, 1.54) is 6.07 Å². The van der Waals surface area contributed by atoms with Crippen molar-refractivity contribution in [2.75, 3.05) is 6.61 Å². The van der Waals surface area contributed by atoms with Gasteiger partial charge >= 0.3 is 0 Å². The van der Waals surface area contributed by atoms with Crippen LogP contribution in [0, 0.1) is 5.92 Å². The van der Waals surface area contributed by atoms with E-state index in [0.717, 1.165) is 18.4 Å². The van der Waals surface area contributed by atoms with Gasteiger partial charge in [0.15, 0.2) is 0 Å². The van der Waals surface area contributed by atoms with Crippen molar-refractivity contribution in [3.8, 4) is 0 Å². The van der Waals surface area contributed by atoms with Gasteiger partial charge in [-0.1, -0.05) is 17.7 Å². The molecule has 0 radical (unpaired) electrons. The number of ether oxygens (including phenoxy) is 1. The number of sulfonamides is 1. The van der Waals surface area contributed by atoms with Crippen LogP contribution in [0.25, 0.3) is 0 Å². The van der Waals surface area contributed by atoms with Gasteiger partial charge in [0.1, 0.15) is 4.90 Å². The Kier molecular flexibility index (Phi) is 4.25. The molecule has 0 aromatic heterocycles. The highest BCUT2D eigenvalue weighted by Crippen LogP contribution is 2.39. The molecular weight excluding hydrogens is 312 g/mol. The van der Waals surface area contributed by atoms with Crippen molar-refractivity contribution in [1.29, 1.82) is 0 Å². The lowest BCUT2D eigenvalue weighted by molar-refractivity contribution is 0.0848. The highest BCUT2D eigenvalue weighted by Gasteiger charge is 2.42. The SMILES string of the molecule is NCc1ccc(Cl)c(S(=O)(=O)NC2CCOC2C2CC2)c1. The molecule has 1 aliphatic carbocycles. The highest BCUT2D eigenvalue weighted by molar-refractivity contribution is 7.89. The Labute approximate surface area is 129 Å². The van der Waals surface area contributed by atoms with Crippen LogP contribution < -0.4 is 10.5 Å². The minimum absolute atomic E-state index is 0.00348. The number of hydrogen-bond acceptors (Lipinski definition) is 4. The molecule has 116 valence electrons. The normalized spacial score (nSPS) is 26.2. The lowest BCUT2D eigenvalue weighted by Crippen LogP contribution is -2.41. The number of halogens is 1. The summed E-state index contributed by atoms with van der Waals surface area (Å²) in [7, 11) is -3.66. The molecule has 2 fully saturated rings. The van der Waals surface area contributed by atoms with Crippen molar-refractivity contribution >= 4 is 21.6 Å². The van der Waals surface area contributed by atoms with Gasteiger partial charge in [-0.15, -0.1) is 0 Å².